The van der Waals surface area contributed by atoms with E-state index in [1.807, 2.05) is 0 Å². The monoisotopic (exact) mass is 217 g/mol. The quantitative estimate of drug-likeness (QED) is 0.497. The van der Waals surface area contributed by atoms with Crippen molar-refractivity contribution in [1.29, 1.82) is 0 Å². The molecular formula is C10H16FNO3. The Labute approximate surface area is 88.4 Å². The molecule has 1 unspecified atom stereocenters. The SMILES string of the molecule is CC(C)(C)OC(=O)N1CCCC1(F)C=O. The molecule has 0 aliphatic carbocycles. The van der Waals surface area contributed by atoms with E-state index in [1.54, 1.807) is 20.8 Å². The number of hydrogen-bond donors (Lipinski definition) is 0. The van der Waals surface area contributed by atoms with Crippen molar-refractivity contribution in [3.05, 3.63) is 0 Å². The van der Waals surface area contributed by atoms with Crippen LogP contribution < -0.4 is 0 Å². The highest BCUT2D eigenvalue weighted by Gasteiger charge is 2.45. The van der Waals surface area contributed by atoms with Crippen LogP contribution in [0.3, 0.4) is 0 Å². The molecule has 1 atom stereocenters. The molecule has 1 aliphatic heterocycles. The van der Waals surface area contributed by atoms with Gasteiger partial charge in [-0.05, 0) is 27.2 Å². The molecule has 0 N–H and O–H groups in total. The molecular weight excluding hydrogens is 201 g/mol. The summed E-state index contributed by atoms with van der Waals surface area (Å²) in [4.78, 5) is 23.0. The summed E-state index contributed by atoms with van der Waals surface area (Å²) in [7, 11) is 0. The van der Waals surface area contributed by atoms with Gasteiger partial charge in [0.15, 0.2) is 6.29 Å². The van der Waals surface area contributed by atoms with Crippen LogP contribution in [-0.2, 0) is 9.53 Å². The molecule has 15 heavy (non-hydrogen) atoms. The van der Waals surface area contributed by atoms with E-state index < -0.39 is 17.5 Å². The summed E-state index contributed by atoms with van der Waals surface area (Å²) in [6.07, 6.45) is -0.0664. The van der Waals surface area contributed by atoms with Crippen LogP contribution in [0.4, 0.5) is 9.18 Å². The lowest BCUT2D eigenvalue weighted by Crippen LogP contribution is -2.47. The van der Waals surface area contributed by atoms with Crippen molar-refractivity contribution in [1.82, 2.24) is 4.90 Å². The Bertz CT molecular complexity index is 274. The maximum Gasteiger partial charge on any atom is 0.413 e. The predicted octanol–water partition coefficient (Wildman–Crippen LogP) is 1.88. The Morgan fingerprint density at radius 1 is 1.53 bits per heavy atom. The van der Waals surface area contributed by atoms with Gasteiger partial charge in [-0.15, -0.1) is 0 Å². The number of halogens is 1. The first-order chi connectivity index (χ1) is 6.78. The Balaban J connectivity index is 2.72. The number of rotatable bonds is 1. The average molecular weight is 217 g/mol. The Morgan fingerprint density at radius 2 is 2.13 bits per heavy atom. The van der Waals surface area contributed by atoms with Crippen molar-refractivity contribution < 1.29 is 18.7 Å². The lowest BCUT2D eigenvalue weighted by molar-refractivity contribution is -0.127. The molecule has 1 aliphatic rings. The van der Waals surface area contributed by atoms with Crippen LogP contribution in [0, 0.1) is 0 Å². The molecule has 4 nitrogen and oxygen atoms in total. The van der Waals surface area contributed by atoms with E-state index in [9.17, 15) is 14.0 Å². The second-order valence-corrected chi connectivity index (χ2v) is 4.67. The molecule has 0 spiro atoms. The largest absolute Gasteiger partial charge is 0.444 e. The van der Waals surface area contributed by atoms with Crippen molar-refractivity contribution in [3.63, 3.8) is 0 Å². The van der Waals surface area contributed by atoms with Crippen molar-refractivity contribution in [2.24, 2.45) is 0 Å². The standard InChI is InChI=1S/C10H16FNO3/c1-9(2,3)15-8(14)12-6-4-5-10(12,11)7-13/h7H,4-6H2,1-3H3. The highest BCUT2D eigenvalue weighted by atomic mass is 19.1. The number of ether oxygens (including phenoxy) is 1. The van der Waals surface area contributed by atoms with Crippen LogP contribution >= 0.6 is 0 Å². The number of aldehydes is 1. The third-order valence-electron chi connectivity index (χ3n) is 2.15. The van der Waals surface area contributed by atoms with E-state index in [0.717, 1.165) is 4.90 Å². The molecule has 0 radical (unpaired) electrons. The minimum atomic E-state index is -2.18. The van der Waals surface area contributed by atoms with Gasteiger partial charge in [-0.3, -0.25) is 9.69 Å². The summed E-state index contributed by atoms with van der Waals surface area (Å²) in [5.41, 5.74) is -0.677. The molecule has 0 aromatic carbocycles. The number of carbonyl (C=O) groups is 2. The maximum absolute atomic E-state index is 13.8. The van der Waals surface area contributed by atoms with E-state index in [1.165, 1.54) is 0 Å². The van der Waals surface area contributed by atoms with Gasteiger partial charge in [0.05, 0.1) is 0 Å². The Hall–Kier alpha value is -1.13. The second-order valence-electron chi connectivity index (χ2n) is 4.67. The van der Waals surface area contributed by atoms with E-state index in [-0.39, 0.29) is 19.3 Å². The van der Waals surface area contributed by atoms with Gasteiger partial charge in [0.1, 0.15) is 5.60 Å². The van der Waals surface area contributed by atoms with Gasteiger partial charge >= 0.3 is 6.09 Å². The number of likely N-dealkylation sites (tertiary alicyclic amines) is 1. The summed E-state index contributed by atoms with van der Waals surface area (Å²) in [5.74, 6) is -2.18. The topological polar surface area (TPSA) is 46.6 Å². The molecule has 1 amide bonds. The molecule has 1 fully saturated rings. The van der Waals surface area contributed by atoms with Crippen LogP contribution in [0.5, 0.6) is 0 Å². The lowest BCUT2D eigenvalue weighted by Gasteiger charge is -2.29. The fourth-order valence-corrected chi connectivity index (χ4v) is 1.49. The number of nitrogens with zero attached hydrogens (tertiary/aromatic N) is 1. The first-order valence-corrected chi connectivity index (χ1v) is 4.94. The summed E-state index contributed by atoms with van der Waals surface area (Å²) < 4.78 is 18.8. The lowest BCUT2D eigenvalue weighted by atomic mass is 10.2. The molecule has 86 valence electrons. The molecule has 1 rings (SSSR count). The fourth-order valence-electron chi connectivity index (χ4n) is 1.49. The Kier molecular flexibility index (Phi) is 3.02. The number of carbonyl (C=O) groups excluding carboxylic acids is 2. The third-order valence-corrected chi connectivity index (χ3v) is 2.15. The number of alkyl halides is 1. The van der Waals surface area contributed by atoms with E-state index in [0.29, 0.717) is 6.42 Å². The second kappa shape index (κ2) is 3.79. The van der Waals surface area contributed by atoms with Gasteiger partial charge in [0.25, 0.3) is 0 Å². The predicted molar refractivity (Wildman–Crippen MR) is 52.1 cm³/mol. The zero-order valence-electron chi connectivity index (χ0n) is 9.25. The highest BCUT2D eigenvalue weighted by Crippen LogP contribution is 2.30. The molecule has 0 bridgehead atoms. The summed E-state index contributed by atoms with van der Waals surface area (Å²) in [6.45, 7) is 5.32. The zero-order chi connectivity index (χ0) is 11.7. The van der Waals surface area contributed by atoms with Gasteiger partial charge in [-0.25, -0.2) is 9.18 Å². The Morgan fingerprint density at radius 3 is 2.60 bits per heavy atom. The number of amides is 1. The fraction of sp³-hybridized carbons (Fsp3) is 0.800. The van der Waals surface area contributed by atoms with Gasteiger partial charge < -0.3 is 4.74 Å². The average Bonchev–Trinajstić information content (AvgIpc) is 2.45. The van der Waals surface area contributed by atoms with Crippen LogP contribution in [0.25, 0.3) is 0 Å². The van der Waals surface area contributed by atoms with Crippen molar-refractivity contribution in [2.45, 2.75) is 45.0 Å². The summed E-state index contributed by atoms with van der Waals surface area (Å²) in [5, 5.41) is 0. The van der Waals surface area contributed by atoms with Crippen molar-refractivity contribution >= 4 is 12.4 Å². The molecule has 1 saturated heterocycles. The first kappa shape index (κ1) is 11.9. The van der Waals surface area contributed by atoms with Gasteiger partial charge in [-0.1, -0.05) is 0 Å². The minimum absolute atomic E-state index is 0.0513. The van der Waals surface area contributed by atoms with Crippen LogP contribution in [0.2, 0.25) is 0 Å². The smallest absolute Gasteiger partial charge is 0.413 e. The van der Waals surface area contributed by atoms with Gasteiger partial charge in [0, 0.05) is 13.0 Å². The van der Waals surface area contributed by atoms with Crippen LogP contribution in [0.1, 0.15) is 33.6 Å². The van der Waals surface area contributed by atoms with E-state index >= 15 is 0 Å². The first-order valence-electron chi connectivity index (χ1n) is 4.94. The maximum atomic E-state index is 13.8. The molecule has 1 heterocycles. The third kappa shape index (κ3) is 2.67. The molecule has 5 heteroatoms. The molecule has 0 aromatic heterocycles. The normalized spacial score (nSPS) is 26.5. The van der Waals surface area contributed by atoms with Crippen LogP contribution in [-0.4, -0.2) is 35.2 Å². The highest BCUT2D eigenvalue weighted by molar-refractivity contribution is 5.76. The van der Waals surface area contributed by atoms with Crippen molar-refractivity contribution in [2.75, 3.05) is 6.54 Å². The van der Waals surface area contributed by atoms with E-state index in [2.05, 4.69) is 0 Å². The summed E-state index contributed by atoms with van der Waals surface area (Å²) >= 11 is 0. The van der Waals surface area contributed by atoms with Crippen LogP contribution in [0.15, 0.2) is 0 Å². The minimum Gasteiger partial charge on any atom is -0.444 e. The summed E-state index contributed by atoms with van der Waals surface area (Å²) in [6, 6.07) is 0. The van der Waals surface area contributed by atoms with Crippen molar-refractivity contribution in [3.8, 4) is 0 Å². The molecule has 0 saturated carbocycles. The van der Waals surface area contributed by atoms with E-state index in [4.69, 9.17) is 4.74 Å². The van der Waals surface area contributed by atoms with Gasteiger partial charge in [0.2, 0.25) is 5.79 Å². The zero-order valence-corrected chi connectivity index (χ0v) is 9.25. The van der Waals surface area contributed by atoms with Gasteiger partial charge in [-0.2, -0.15) is 0 Å². The molecule has 0 aromatic rings. The number of hydrogen-bond acceptors (Lipinski definition) is 3.